The second-order valence-electron chi connectivity index (χ2n) is 7.28. The summed E-state index contributed by atoms with van der Waals surface area (Å²) in [6.07, 6.45) is 1.52. The molecule has 1 heterocycles. The molecule has 0 saturated carbocycles. The van der Waals surface area contributed by atoms with E-state index < -0.39 is 29.6 Å². The molecule has 1 aliphatic rings. The molecule has 1 saturated heterocycles. The molecule has 1 N–H and O–H groups in total. The van der Waals surface area contributed by atoms with Gasteiger partial charge in [0.2, 0.25) is 5.91 Å². The Labute approximate surface area is 212 Å². The molecule has 0 bridgehead atoms. The van der Waals surface area contributed by atoms with Crippen molar-refractivity contribution in [2.45, 2.75) is 13.8 Å². The number of carbonyl (C=O) groups excluding carboxylic acids is 4. The SMILES string of the molecule is CCOC(=O)COc1ccc(/C=C2/SC(=O)N(CC(=O)Nc3ccc(OCC)cc3)C2=O)cc1OC. The average molecular weight is 515 g/mol. The monoisotopic (exact) mass is 514 g/mol. The zero-order valence-corrected chi connectivity index (χ0v) is 20.9. The summed E-state index contributed by atoms with van der Waals surface area (Å²) in [5, 5.41) is 2.11. The number of benzene rings is 2. The number of hydrogen-bond donors (Lipinski definition) is 1. The molecule has 3 amide bonds. The molecule has 0 aromatic heterocycles. The molecule has 11 heteroatoms. The van der Waals surface area contributed by atoms with Crippen molar-refractivity contribution in [2.24, 2.45) is 0 Å². The van der Waals surface area contributed by atoms with E-state index in [2.05, 4.69) is 5.32 Å². The number of ether oxygens (including phenoxy) is 4. The van der Waals surface area contributed by atoms with Gasteiger partial charge in [-0.2, -0.15) is 0 Å². The Bertz CT molecular complexity index is 1160. The predicted molar refractivity (Wildman–Crippen MR) is 134 cm³/mol. The quantitative estimate of drug-likeness (QED) is 0.353. The summed E-state index contributed by atoms with van der Waals surface area (Å²) in [4.78, 5) is 50.2. The first-order valence-electron chi connectivity index (χ1n) is 11.1. The van der Waals surface area contributed by atoms with Gasteiger partial charge >= 0.3 is 5.97 Å². The number of nitrogens with one attached hydrogen (secondary N) is 1. The number of anilines is 1. The van der Waals surface area contributed by atoms with Gasteiger partial charge in [0.25, 0.3) is 11.1 Å². The Morgan fingerprint density at radius 2 is 1.75 bits per heavy atom. The molecule has 190 valence electrons. The smallest absolute Gasteiger partial charge is 0.344 e. The van der Waals surface area contributed by atoms with Gasteiger partial charge in [0, 0.05) is 5.69 Å². The second-order valence-corrected chi connectivity index (χ2v) is 8.27. The van der Waals surface area contributed by atoms with E-state index in [1.165, 1.54) is 13.2 Å². The molecule has 0 atom stereocenters. The third-order valence-corrected chi connectivity index (χ3v) is 5.67. The largest absolute Gasteiger partial charge is 0.494 e. The first-order valence-corrected chi connectivity index (χ1v) is 11.9. The third kappa shape index (κ3) is 7.01. The van der Waals surface area contributed by atoms with Crippen LogP contribution in [0.5, 0.6) is 17.2 Å². The van der Waals surface area contributed by atoms with Crippen molar-refractivity contribution in [3.63, 3.8) is 0 Å². The standard InChI is InChI=1S/C25H26N2O8S/c1-4-33-18-9-7-17(8-10-18)26-22(28)14-27-24(30)21(36-25(27)31)13-16-6-11-19(20(12-16)32-3)35-15-23(29)34-5-2/h6-13H,4-5,14-15H2,1-3H3,(H,26,28)/b21-13+. The van der Waals surface area contributed by atoms with E-state index in [9.17, 15) is 19.2 Å². The highest BCUT2D eigenvalue weighted by Gasteiger charge is 2.36. The summed E-state index contributed by atoms with van der Waals surface area (Å²) in [5.41, 5.74) is 1.09. The number of thioether (sulfide) groups is 1. The van der Waals surface area contributed by atoms with Crippen molar-refractivity contribution in [1.82, 2.24) is 4.90 Å². The molecule has 1 fully saturated rings. The van der Waals surface area contributed by atoms with Gasteiger partial charge in [-0.3, -0.25) is 19.3 Å². The van der Waals surface area contributed by atoms with Crippen LogP contribution in [-0.2, 0) is 19.1 Å². The molecule has 10 nitrogen and oxygen atoms in total. The highest BCUT2D eigenvalue weighted by Crippen LogP contribution is 2.34. The van der Waals surface area contributed by atoms with Gasteiger partial charge in [0.15, 0.2) is 18.1 Å². The normalized spacial score (nSPS) is 14.1. The summed E-state index contributed by atoms with van der Waals surface area (Å²) < 4.78 is 20.9. The number of imide groups is 1. The van der Waals surface area contributed by atoms with Gasteiger partial charge < -0.3 is 24.3 Å². The van der Waals surface area contributed by atoms with Crippen molar-refractivity contribution in [3.05, 3.63) is 52.9 Å². The third-order valence-electron chi connectivity index (χ3n) is 4.76. The Morgan fingerprint density at radius 1 is 1.00 bits per heavy atom. The molecule has 0 radical (unpaired) electrons. The number of carbonyl (C=O) groups is 4. The van der Waals surface area contributed by atoms with Crippen LogP contribution >= 0.6 is 11.8 Å². The lowest BCUT2D eigenvalue weighted by Gasteiger charge is -2.13. The van der Waals surface area contributed by atoms with E-state index in [0.717, 1.165) is 16.7 Å². The van der Waals surface area contributed by atoms with Gasteiger partial charge in [-0.15, -0.1) is 0 Å². The first kappa shape index (κ1) is 26.6. The van der Waals surface area contributed by atoms with E-state index in [1.807, 2.05) is 6.92 Å². The number of nitrogens with zero attached hydrogens (tertiary/aromatic N) is 1. The first-order chi connectivity index (χ1) is 17.3. The minimum Gasteiger partial charge on any atom is -0.494 e. The zero-order chi connectivity index (χ0) is 26.1. The molecule has 0 spiro atoms. The lowest BCUT2D eigenvalue weighted by Crippen LogP contribution is -2.36. The molecule has 0 unspecified atom stereocenters. The van der Waals surface area contributed by atoms with Crippen LogP contribution in [0, 0.1) is 0 Å². The topological polar surface area (TPSA) is 120 Å². The molecule has 2 aromatic rings. The molecular formula is C25H26N2O8S. The molecule has 0 aliphatic carbocycles. The van der Waals surface area contributed by atoms with Crippen LogP contribution in [0.2, 0.25) is 0 Å². The maximum Gasteiger partial charge on any atom is 0.344 e. The molecule has 36 heavy (non-hydrogen) atoms. The van der Waals surface area contributed by atoms with Crippen molar-refractivity contribution >= 4 is 46.5 Å². The summed E-state index contributed by atoms with van der Waals surface area (Å²) in [6.45, 7) is 3.65. The number of esters is 1. The van der Waals surface area contributed by atoms with Crippen molar-refractivity contribution in [3.8, 4) is 17.2 Å². The van der Waals surface area contributed by atoms with Crippen molar-refractivity contribution < 1.29 is 38.1 Å². The summed E-state index contributed by atoms with van der Waals surface area (Å²) in [7, 11) is 1.44. The predicted octanol–water partition coefficient (Wildman–Crippen LogP) is 3.71. The number of hydrogen-bond acceptors (Lipinski definition) is 9. The lowest BCUT2D eigenvalue weighted by molar-refractivity contribution is -0.145. The van der Waals surface area contributed by atoms with E-state index in [0.29, 0.717) is 35.1 Å². The van der Waals surface area contributed by atoms with Gasteiger partial charge in [-0.05, 0) is 73.6 Å². The molecule has 2 aromatic carbocycles. The highest BCUT2D eigenvalue weighted by molar-refractivity contribution is 8.18. The minimum absolute atomic E-state index is 0.163. The Hall–Kier alpha value is -3.99. The maximum atomic E-state index is 12.8. The van der Waals surface area contributed by atoms with Gasteiger partial charge in [0.05, 0.1) is 25.2 Å². The highest BCUT2D eigenvalue weighted by atomic mass is 32.2. The Balaban J connectivity index is 1.64. The molecule has 1 aliphatic heterocycles. The van der Waals surface area contributed by atoms with Crippen LogP contribution in [0.3, 0.4) is 0 Å². The number of amides is 3. The summed E-state index contributed by atoms with van der Waals surface area (Å²) >= 11 is 0.738. The fourth-order valence-corrected chi connectivity index (χ4v) is 4.00. The van der Waals surface area contributed by atoms with E-state index in [-0.39, 0.29) is 18.1 Å². The minimum atomic E-state index is -0.576. The van der Waals surface area contributed by atoms with Gasteiger partial charge in [-0.1, -0.05) is 6.07 Å². The summed E-state index contributed by atoms with van der Waals surface area (Å²) in [5.74, 6) is -0.268. The molecular weight excluding hydrogens is 488 g/mol. The Morgan fingerprint density at radius 3 is 2.42 bits per heavy atom. The van der Waals surface area contributed by atoms with Crippen molar-refractivity contribution in [2.75, 3.05) is 38.8 Å². The number of methoxy groups -OCH3 is 1. The van der Waals surface area contributed by atoms with Crippen LogP contribution in [-0.4, -0.2) is 61.4 Å². The van der Waals surface area contributed by atoms with Crippen LogP contribution in [0.25, 0.3) is 6.08 Å². The molecule has 3 rings (SSSR count). The second kappa shape index (κ2) is 12.6. The van der Waals surface area contributed by atoms with E-state index >= 15 is 0 Å². The maximum absolute atomic E-state index is 12.8. The fraction of sp³-hybridized carbons (Fsp3) is 0.280. The number of rotatable bonds is 11. The van der Waals surface area contributed by atoms with Crippen LogP contribution in [0.1, 0.15) is 19.4 Å². The van der Waals surface area contributed by atoms with Crippen LogP contribution in [0.15, 0.2) is 47.4 Å². The van der Waals surface area contributed by atoms with Gasteiger partial charge in [0.1, 0.15) is 12.3 Å². The lowest BCUT2D eigenvalue weighted by atomic mass is 10.2. The van der Waals surface area contributed by atoms with Crippen molar-refractivity contribution in [1.29, 1.82) is 0 Å². The van der Waals surface area contributed by atoms with Crippen LogP contribution < -0.4 is 19.5 Å². The van der Waals surface area contributed by atoms with E-state index in [4.69, 9.17) is 18.9 Å². The van der Waals surface area contributed by atoms with Crippen LogP contribution in [0.4, 0.5) is 10.5 Å². The Kier molecular flexibility index (Phi) is 9.34. The fourth-order valence-electron chi connectivity index (χ4n) is 3.17. The average Bonchev–Trinajstić information content (AvgIpc) is 3.11. The zero-order valence-electron chi connectivity index (χ0n) is 20.1. The van der Waals surface area contributed by atoms with E-state index in [1.54, 1.807) is 49.4 Å². The summed E-state index contributed by atoms with van der Waals surface area (Å²) in [6, 6.07) is 11.6. The van der Waals surface area contributed by atoms with Gasteiger partial charge in [-0.25, -0.2) is 4.79 Å².